The Balaban J connectivity index is 1.61. The molecule has 0 atom stereocenters. The Hall–Kier alpha value is -4.45. The average molecular weight is 463 g/mol. The number of aromatic nitrogens is 2. The van der Waals surface area contributed by atoms with E-state index < -0.39 is 0 Å². The number of hydrazone groups is 1. The maximum atomic E-state index is 13.3. The molecule has 0 aliphatic carbocycles. The van der Waals surface area contributed by atoms with E-state index in [2.05, 4.69) is 5.10 Å². The van der Waals surface area contributed by atoms with Gasteiger partial charge < -0.3 is 4.74 Å². The molecule has 0 fully saturated rings. The highest BCUT2D eigenvalue weighted by Crippen LogP contribution is 2.32. The van der Waals surface area contributed by atoms with Gasteiger partial charge in [-0.2, -0.15) is 15.2 Å². The standard InChI is InChI=1S/C29H26N4O2/c1-4-35-25-15-16-26(20(2)17-25)28-22(19-32(31-28)23-11-7-5-8-12-23)18-27-21(3)30-33(29(27)34)24-13-9-6-10-14-24/h5-19H,4H2,1-3H3. The quantitative estimate of drug-likeness (QED) is 0.328. The van der Waals surface area contributed by atoms with Crippen LogP contribution >= 0.6 is 0 Å². The Morgan fingerprint density at radius 3 is 2.26 bits per heavy atom. The first-order chi connectivity index (χ1) is 17.0. The SMILES string of the molecule is CCOc1ccc(-c2nn(-c3ccccc3)cc2C=C2C(=O)N(c3ccccc3)N=C2C)c(C)c1. The van der Waals surface area contributed by atoms with Gasteiger partial charge in [-0.05, 0) is 74.9 Å². The number of hydrogen-bond acceptors (Lipinski definition) is 4. The largest absolute Gasteiger partial charge is 0.494 e. The van der Waals surface area contributed by atoms with Gasteiger partial charge in [0.05, 0.1) is 29.3 Å². The first kappa shape index (κ1) is 22.3. The monoisotopic (exact) mass is 462 g/mol. The van der Waals surface area contributed by atoms with Crippen LogP contribution in [0.15, 0.2) is 95.7 Å². The molecule has 6 heteroatoms. The highest BCUT2D eigenvalue weighted by molar-refractivity contribution is 6.32. The summed E-state index contributed by atoms with van der Waals surface area (Å²) in [4.78, 5) is 13.3. The molecule has 2 heterocycles. The summed E-state index contributed by atoms with van der Waals surface area (Å²) >= 11 is 0. The van der Waals surface area contributed by atoms with E-state index in [1.165, 1.54) is 5.01 Å². The van der Waals surface area contributed by atoms with Crippen molar-refractivity contribution < 1.29 is 9.53 Å². The van der Waals surface area contributed by atoms with Crippen LogP contribution in [-0.4, -0.2) is 28.0 Å². The van der Waals surface area contributed by atoms with E-state index in [1.54, 1.807) is 0 Å². The van der Waals surface area contributed by atoms with Gasteiger partial charge in [-0.15, -0.1) is 0 Å². The van der Waals surface area contributed by atoms with Gasteiger partial charge in [-0.1, -0.05) is 36.4 Å². The summed E-state index contributed by atoms with van der Waals surface area (Å²) in [6.45, 7) is 6.48. The third kappa shape index (κ3) is 4.38. The molecule has 0 bridgehead atoms. The fraction of sp³-hybridized carbons (Fsp3) is 0.138. The number of rotatable bonds is 6. The lowest BCUT2D eigenvalue weighted by molar-refractivity contribution is -0.114. The lowest BCUT2D eigenvalue weighted by Gasteiger charge is -2.11. The van der Waals surface area contributed by atoms with Crippen molar-refractivity contribution in [3.8, 4) is 22.7 Å². The molecule has 1 aromatic heterocycles. The van der Waals surface area contributed by atoms with Crippen LogP contribution in [-0.2, 0) is 4.79 Å². The van der Waals surface area contributed by atoms with E-state index in [-0.39, 0.29) is 5.91 Å². The van der Waals surface area contributed by atoms with E-state index in [9.17, 15) is 4.79 Å². The highest BCUT2D eigenvalue weighted by atomic mass is 16.5. The van der Waals surface area contributed by atoms with Gasteiger partial charge in [0, 0.05) is 17.3 Å². The molecule has 0 saturated carbocycles. The maximum absolute atomic E-state index is 13.3. The van der Waals surface area contributed by atoms with Crippen molar-refractivity contribution >= 4 is 23.4 Å². The maximum Gasteiger partial charge on any atom is 0.280 e. The van der Waals surface area contributed by atoms with Crippen LogP contribution in [0.2, 0.25) is 0 Å². The number of aryl methyl sites for hydroxylation is 1. The predicted octanol–water partition coefficient (Wildman–Crippen LogP) is 6.05. The number of carbonyl (C=O) groups excluding carboxylic acids is 1. The molecule has 0 radical (unpaired) electrons. The molecule has 1 aliphatic heterocycles. The molecular weight excluding hydrogens is 436 g/mol. The number of nitrogens with zero attached hydrogens (tertiary/aromatic N) is 4. The number of benzene rings is 3. The highest BCUT2D eigenvalue weighted by Gasteiger charge is 2.29. The van der Waals surface area contributed by atoms with Gasteiger partial charge in [0.25, 0.3) is 5.91 Å². The fourth-order valence-electron chi connectivity index (χ4n) is 4.16. The van der Waals surface area contributed by atoms with E-state index in [4.69, 9.17) is 9.84 Å². The molecule has 5 rings (SSSR count). The lowest BCUT2D eigenvalue weighted by atomic mass is 10.0. The normalized spacial score (nSPS) is 14.5. The van der Waals surface area contributed by atoms with E-state index in [0.717, 1.165) is 39.5 Å². The van der Waals surface area contributed by atoms with Crippen LogP contribution in [0.5, 0.6) is 5.75 Å². The topological polar surface area (TPSA) is 59.7 Å². The van der Waals surface area contributed by atoms with Crippen LogP contribution in [0.3, 0.4) is 0 Å². The summed E-state index contributed by atoms with van der Waals surface area (Å²) in [5, 5.41) is 10.9. The van der Waals surface area contributed by atoms with Gasteiger partial charge in [0.1, 0.15) is 11.4 Å². The number of anilines is 1. The molecular formula is C29H26N4O2. The summed E-state index contributed by atoms with van der Waals surface area (Å²) in [5.74, 6) is 0.666. The zero-order valence-corrected chi connectivity index (χ0v) is 20.0. The minimum atomic E-state index is -0.157. The summed E-state index contributed by atoms with van der Waals surface area (Å²) < 4.78 is 7.51. The minimum Gasteiger partial charge on any atom is -0.494 e. The zero-order chi connectivity index (χ0) is 24.4. The number of hydrogen-bond donors (Lipinski definition) is 0. The fourth-order valence-corrected chi connectivity index (χ4v) is 4.16. The Morgan fingerprint density at radius 1 is 0.914 bits per heavy atom. The lowest BCUT2D eigenvalue weighted by Crippen LogP contribution is -2.21. The summed E-state index contributed by atoms with van der Waals surface area (Å²) in [6, 6.07) is 25.4. The summed E-state index contributed by atoms with van der Waals surface area (Å²) in [7, 11) is 0. The third-order valence-electron chi connectivity index (χ3n) is 5.89. The molecule has 35 heavy (non-hydrogen) atoms. The van der Waals surface area contributed by atoms with Gasteiger partial charge >= 0.3 is 0 Å². The first-order valence-corrected chi connectivity index (χ1v) is 11.6. The van der Waals surface area contributed by atoms with Crippen molar-refractivity contribution in [3.05, 3.63) is 102 Å². The van der Waals surface area contributed by atoms with Crippen molar-refractivity contribution in [2.45, 2.75) is 20.8 Å². The summed E-state index contributed by atoms with van der Waals surface area (Å²) in [6.07, 6.45) is 3.85. The molecule has 0 N–H and O–H groups in total. The van der Waals surface area contributed by atoms with E-state index in [1.807, 2.05) is 117 Å². The van der Waals surface area contributed by atoms with Crippen LogP contribution in [0.1, 0.15) is 25.0 Å². The van der Waals surface area contributed by atoms with Gasteiger partial charge in [0.2, 0.25) is 0 Å². The predicted molar refractivity (Wildman–Crippen MR) is 140 cm³/mol. The van der Waals surface area contributed by atoms with Crippen LogP contribution in [0.4, 0.5) is 5.69 Å². The zero-order valence-electron chi connectivity index (χ0n) is 20.0. The third-order valence-corrected chi connectivity index (χ3v) is 5.89. The smallest absolute Gasteiger partial charge is 0.280 e. The molecule has 174 valence electrons. The first-order valence-electron chi connectivity index (χ1n) is 11.6. The molecule has 1 aliphatic rings. The Morgan fingerprint density at radius 2 is 1.60 bits per heavy atom. The van der Waals surface area contributed by atoms with Crippen molar-refractivity contribution in [2.24, 2.45) is 5.10 Å². The molecule has 0 saturated heterocycles. The number of carbonyl (C=O) groups is 1. The molecule has 1 amide bonds. The molecule has 0 spiro atoms. The molecule has 0 unspecified atom stereocenters. The minimum absolute atomic E-state index is 0.157. The van der Waals surface area contributed by atoms with E-state index in [0.29, 0.717) is 17.9 Å². The number of ether oxygens (including phenoxy) is 1. The van der Waals surface area contributed by atoms with Crippen molar-refractivity contribution in [3.63, 3.8) is 0 Å². The summed E-state index contributed by atoms with van der Waals surface area (Å²) in [5.41, 5.74) is 6.55. The number of amides is 1. The van der Waals surface area contributed by atoms with Crippen LogP contribution in [0, 0.1) is 6.92 Å². The Kier molecular flexibility index (Phi) is 6.02. The molecule has 4 aromatic rings. The van der Waals surface area contributed by atoms with E-state index >= 15 is 0 Å². The van der Waals surface area contributed by atoms with Crippen LogP contribution < -0.4 is 9.75 Å². The van der Waals surface area contributed by atoms with Crippen molar-refractivity contribution in [1.29, 1.82) is 0 Å². The molecule has 6 nitrogen and oxygen atoms in total. The Labute approximate surface area is 204 Å². The van der Waals surface area contributed by atoms with Crippen molar-refractivity contribution in [2.75, 3.05) is 11.6 Å². The number of para-hydroxylation sites is 2. The second kappa shape index (κ2) is 9.43. The van der Waals surface area contributed by atoms with Crippen molar-refractivity contribution in [1.82, 2.24) is 9.78 Å². The van der Waals surface area contributed by atoms with Gasteiger partial charge in [-0.3, -0.25) is 4.79 Å². The second-order valence-electron chi connectivity index (χ2n) is 8.32. The second-order valence-corrected chi connectivity index (χ2v) is 8.32. The average Bonchev–Trinajstić information content (AvgIpc) is 3.42. The Bertz CT molecular complexity index is 1440. The van der Waals surface area contributed by atoms with Gasteiger partial charge in [-0.25, -0.2) is 4.68 Å². The molecule has 3 aromatic carbocycles. The van der Waals surface area contributed by atoms with Gasteiger partial charge in [0.15, 0.2) is 0 Å². The van der Waals surface area contributed by atoms with Crippen LogP contribution in [0.25, 0.3) is 23.0 Å².